The topological polar surface area (TPSA) is 43.9 Å². The number of hydrogen-bond donors (Lipinski definition) is 0. The smallest absolute Gasteiger partial charge is 0.223 e. The van der Waals surface area contributed by atoms with Gasteiger partial charge in [-0.3, -0.25) is 14.5 Å². The first-order valence-corrected chi connectivity index (χ1v) is 16.4. The maximum Gasteiger partial charge on any atom is 0.223 e. The maximum absolute atomic E-state index is 13.7. The van der Waals surface area contributed by atoms with E-state index in [9.17, 15) is 9.59 Å². The molecule has 2 atom stereocenters. The first-order chi connectivity index (χ1) is 18.5. The standard InChI is InChI=1S/C30H46ClN3O2S.C2H6/c1-7-24(21-37-6)29(25-8-10-26(31)11-9-25)33-16-17-34(27(20-33)19-30(3,4)5)28(36)18-23-12-14-32(15-13-23)22(2)35;1-2/h8-11,21,23,27,29H,7,12-20H2,1-6H3;1-2H3/b24-21+;. The number of likely N-dealkylation sites (tertiary alicyclic amines) is 1. The number of halogens is 1. The van der Waals surface area contributed by atoms with Gasteiger partial charge in [0.15, 0.2) is 0 Å². The number of thioether (sulfide) groups is 1. The highest BCUT2D eigenvalue weighted by Gasteiger charge is 2.37. The summed E-state index contributed by atoms with van der Waals surface area (Å²) in [5.41, 5.74) is 2.79. The molecule has 5 nitrogen and oxygen atoms in total. The third-order valence-electron chi connectivity index (χ3n) is 7.79. The molecule has 0 saturated carbocycles. The molecular weight excluding hydrogens is 526 g/mol. The molecule has 2 amide bonds. The molecule has 3 rings (SSSR count). The van der Waals surface area contributed by atoms with Gasteiger partial charge in [-0.15, -0.1) is 11.8 Å². The van der Waals surface area contributed by atoms with E-state index in [-0.39, 0.29) is 29.3 Å². The summed E-state index contributed by atoms with van der Waals surface area (Å²) < 4.78 is 0. The summed E-state index contributed by atoms with van der Waals surface area (Å²) >= 11 is 7.99. The molecule has 1 aromatic carbocycles. The van der Waals surface area contributed by atoms with Crippen molar-refractivity contribution in [2.45, 2.75) is 92.7 Å². The summed E-state index contributed by atoms with van der Waals surface area (Å²) in [5, 5.41) is 3.05. The van der Waals surface area contributed by atoms with Crippen LogP contribution in [-0.4, -0.2) is 71.5 Å². The molecule has 2 unspecified atom stereocenters. The highest BCUT2D eigenvalue weighted by Crippen LogP contribution is 2.36. The summed E-state index contributed by atoms with van der Waals surface area (Å²) in [6.07, 6.45) is 6.52. The van der Waals surface area contributed by atoms with Crippen LogP contribution in [0.3, 0.4) is 0 Å². The lowest BCUT2D eigenvalue weighted by atomic mass is 9.85. The highest BCUT2D eigenvalue weighted by atomic mass is 35.5. The zero-order valence-electron chi connectivity index (χ0n) is 25.6. The van der Waals surface area contributed by atoms with E-state index >= 15 is 0 Å². The number of piperidine rings is 1. The predicted octanol–water partition coefficient (Wildman–Crippen LogP) is 7.66. The fraction of sp³-hybridized carbons (Fsp3) is 0.688. The maximum atomic E-state index is 13.7. The molecule has 0 aromatic heterocycles. The number of hydrogen-bond acceptors (Lipinski definition) is 4. The summed E-state index contributed by atoms with van der Waals surface area (Å²) in [4.78, 5) is 32.0. The van der Waals surface area contributed by atoms with E-state index in [1.807, 2.05) is 30.9 Å². The number of amides is 2. The van der Waals surface area contributed by atoms with Crippen LogP contribution in [0.15, 0.2) is 35.2 Å². The highest BCUT2D eigenvalue weighted by molar-refractivity contribution is 8.01. The summed E-state index contributed by atoms with van der Waals surface area (Å²) in [6.45, 7) is 18.7. The molecule has 2 aliphatic rings. The molecule has 2 saturated heterocycles. The van der Waals surface area contributed by atoms with E-state index in [2.05, 4.69) is 61.3 Å². The summed E-state index contributed by atoms with van der Waals surface area (Å²) in [6, 6.07) is 8.65. The van der Waals surface area contributed by atoms with Crippen molar-refractivity contribution in [1.29, 1.82) is 0 Å². The van der Waals surface area contributed by atoms with E-state index in [0.717, 1.165) is 63.4 Å². The van der Waals surface area contributed by atoms with E-state index in [0.29, 0.717) is 12.3 Å². The predicted molar refractivity (Wildman–Crippen MR) is 168 cm³/mol. The molecule has 2 heterocycles. The lowest BCUT2D eigenvalue weighted by Gasteiger charge is -2.47. The van der Waals surface area contributed by atoms with E-state index in [4.69, 9.17) is 11.6 Å². The van der Waals surface area contributed by atoms with Gasteiger partial charge in [-0.05, 0) is 71.9 Å². The molecule has 220 valence electrons. The van der Waals surface area contributed by atoms with Crippen LogP contribution in [0.1, 0.15) is 92.2 Å². The van der Waals surface area contributed by atoms with E-state index in [1.54, 1.807) is 18.7 Å². The first-order valence-electron chi connectivity index (χ1n) is 14.8. The first kappa shape index (κ1) is 33.7. The Morgan fingerprint density at radius 1 is 1.08 bits per heavy atom. The quantitative estimate of drug-likeness (QED) is 0.318. The molecule has 0 radical (unpaired) electrons. The molecule has 39 heavy (non-hydrogen) atoms. The third kappa shape index (κ3) is 10.1. The van der Waals surface area contributed by atoms with Crippen LogP contribution in [0, 0.1) is 11.3 Å². The Hall–Kier alpha value is -1.50. The Bertz CT molecular complexity index is 936. The number of carbonyl (C=O) groups excluding carboxylic acids is 2. The molecule has 2 fully saturated rings. The average molecular weight is 578 g/mol. The molecule has 0 bridgehead atoms. The zero-order valence-corrected chi connectivity index (χ0v) is 27.2. The lowest BCUT2D eigenvalue weighted by Crippen LogP contribution is -2.57. The van der Waals surface area contributed by atoms with Gasteiger partial charge in [0.2, 0.25) is 11.8 Å². The largest absolute Gasteiger partial charge is 0.343 e. The number of nitrogens with zero attached hydrogens (tertiary/aromatic N) is 3. The minimum atomic E-state index is 0.123. The second-order valence-electron chi connectivity index (χ2n) is 11.9. The van der Waals surface area contributed by atoms with Gasteiger partial charge in [0.05, 0.1) is 6.04 Å². The van der Waals surface area contributed by atoms with Crippen LogP contribution in [0.5, 0.6) is 0 Å². The number of benzene rings is 1. The normalized spacial score (nSPS) is 20.3. The fourth-order valence-corrected chi connectivity index (χ4v) is 6.66. The molecular formula is C32H52ClN3O2S. The Morgan fingerprint density at radius 3 is 2.21 bits per heavy atom. The van der Waals surface area contributed by atoms with Gasteiger partial charge in [0.25, 0.3) is 0 Å². The molecule has 7 heteroatoms. The van der Waals surface area contributed by atoms with Crippen molar-refractivity contribution in [2.24, 2.45) is 11.3 Å². The minimum Gasteiger partial charge on any atom is -0.343 e. The number of piperazine rings is 1. The van der Waals surface area contributed by atoms with Gasteiger partial charge in [-0.2, -0.15) is 0 Å². The van der Waals surface area contributed by atoms with E-state index in [1.165, 1.54) is 11.1 Å². The van der Waals surface area contributed by atoms with Crippen LogP contribution in [-0.2, 0) is 9.59 Å². The Kier molecular flexibility index (Phi) is 13.9. The third-order valence-corrected chi connectivity index (χ3v) is 8.58. The van der Waals surface area contributed by atoms with Gasteiger partial charge < -0.3 is 9.80 Å². The van der Waals surface area contributed by atoms with Crippen molar-refractivity contribution in [3.63, 3.8) is 0 Å². The Balaban J connectivity index is 0.00000260. The second-order valence-corrected chi connectivity index (χ2v) is 13.0. The fourth-order valence-electron chi connectivity index (χ4n) is 5.94. The van der Waals surface area contributed by atoms with Crippen LogP contribution in [0.4, 0.5) is 0 Å². The molecule has 1 aromatic rings. The zero-order chi connectivity index (χ0) is 29.2. The van der Waals surface area contributed by atoms with Gasteiger partial charge in [-0.25, -0.2) is 0 Å². The monoisotopic (exact) mass is 577 g/mol. The minimum absolute atomic E-state index is 0.123. The number of rotatable bonds is 8. The van der Waals surface area contributed by atoms with Crippen LogP contribution < -0.4 is 0 Å². The van der Waals surface area contributed by atoms with Gasteiger partial charge in [0.1, 0.15) is 0 Å². The van der Waals surface area contributed by atoms with Crippen molar-refractivity contribution in [3.05, 3.63) is 45.8 Å². The number of carbonyl (C=O) groups is 2. The Morgan fingerprint density at radius 2 is 1.69 bits per heavy atom. The summed E-state index contributed by atoms with van der Waals surface area (Å²) in [7, 11) is 0. The van der Waals surface area contributed by atoms with Gasteiger partial charge in [0, 0.05) is 57.1 Å². The molecule has 0 spiro atoms. The Labute approximate surface area is 247 Å². The van der Waals surface area contributed by atoms with Crippen LogP contribution in [0.25, 0.3) is 0 Å². The molecule has 2 aliphatic heterocycles. The van der Waals surface area contributed by atoms with Crippen molar-refractivity contribution in [1.82, 2.24) is 14.7 Å². The van der Waals surface area contributed by atoms with E-state index < -0.39 is 0 Å². The van der Waals surface area contributed by atoms with Crippen molar-refractivity contribution in [2.75, 3.05) is 39.0 Å². The van der Waals surface area contributed by atoms with Crippen molar-refractivity contribution >= 4 is 35.2 Å². The molecule has 0 aliphatic carbocycles. The van der Waals surface area contributed by atoms with Gasteiger partial charge >= 0.3 is 0 Å². The average Bonchev–Trinajstić information content (AvgIpc) is 2.90. The summed E-state index contributed by atoms with van der Waals surface area (Å²) in [5.74, 6) is 0.798. The van der Waals surface area contributed by atoms with Crippen LogP contribution >= 0.6 is 23.4 Å². The van der Waals surface area contributed by atoms with Crippen molar-refractivity contribution < 1.29 is 9.59 Å². The van der Waals surface area contributed by atoms with Crippen molar-refractivity contribution in [3.8, 4) is 0 Å². The lowest BCUT2D eigenvalue weighted by molar-refractivity contribution is -0.139. The second kappa shape index (κ2) is 16.1. The van der Waals surface area contributed by atoms with Gasteiger partial charge in [-0.1, -0.05) is 65.3 Å². The molecule has 0 N–H and O–H groups in total. The SMILES string of the molecule is CC.CC/C(=C\SC)C(c1ccc(Cl)cc1)N1CCN(C(=O)CC2CCN(C(C)=O)CC2)C(CC(C)(C)C)C1. The van der Waals surface area contributed by atoms with Crippen LogP contribution in [0.2, 0.25) is 5.02 Å².